The summed E-state index contributed by atoms with van der Waals surface area (Å²) in [5, 5.41) is 7.60. The highest BCUT2D eigenvalue weighted by atomic mass is 127. The van der Waals surface area contributed by atoms with Gasteiger partial charge in [0.2, 0.25) is 0 Å². The van der Waals surface area contributed by atoms with Crippen molar-refractivity contribution >= 4 is 53.1 Å². The highest BCUT2D eigenvalue weighted by molar-refractivity contribution is 14.0. The molecule has 2 N–H and O–H groups in total. The highest BCUT2D eigenvalue weighted by Crippen LogP contribution is 2.24. The maximum absolute atomic E-state index is 6.01. The summed E-state index contributed by atoms with van der Waals surface area (Å²) in [5.74, 6) is 0.789. The summed E-state index contributed by atoms with van der Waals surface area (Å²) in [7, 11) is 3.64. The lowest BCUT2D eigenvalue weighted by Crippen LogP contribution is -2.37. The van der Waals surface area contributed by atoms with E-state index < -0.39 is 0 Å². The number of rotatable bonds is 5. The van der Waals surface area contributed by atoms with Crippen LogP contribution >= 0.6 is 47.2 Å². The van der Waals surface area contributed by atoms with E-state index in [0.29, 0.717) is 16.7 Å². The van der Waals surface area contributed by atoms with Crippen LogP contribution in [-0.2, 0) is 13.6 Å². The maximum atomic E-state index is 6.01. The van der Waals surface area contributed by atoms with Crippen LogP contribution in [0.1, 0.15) is 25.5 Å². The fraction of sp³-hybridized carbons (Fsp3) is 0.583. The van der Waals surface area contributed by atoms with Crippen LogP contribution in [0.15, 0.2) is 11.1 Å². The van der Waals surface area contributed by atoms with E-state index in [-0.39, 0.29) is 24.0 Å². The van der Waals surface area contributed by atoms with E-state index in [0.717, 1.165) is 31.0 Å². The summed E-state index contributed by atoms with van der Waals surface area (Å²) in [6, 6.07) is 1.86. The zero-order valence-electron chi connectivity index (χ0n) is 11.5. The van der Waals surface area contributed by atoms with E-state index in [1.807, 2.05) is 17.7 Å². The maximum Gasteiger partial charge on any atom is 0.191 e. The zero-order chi connectivity index (χ0) is 13.5. The summed E-state index contributed by atoms with van der Waals surface area (Å²) in [6.45, 7) is 3.71. The summed E-state index contributed by atoms with van der Waals surface area (Å²) < 4.78 is 1.86. The molecule has 0 amide bonds. The van der Waals surface area contributed by atoms with Crippen LogP contribution in [0, 0.1) is 0 Å². The van der Waals surface area contributed by atoms with Crippen LogP contribution < -0.4 is 10.6 Å². The van der Waals surface area contributed by atoms with Crippen molar-refractivity contribution in [2.24, 2.45) is 12.0 Å². The number of aromatic nitrogens is 1. The van der Waals surface area contributed by atoms with Gasteiger partial charge in [0.15, 0.2) is 5.96 Å². The Morgan fingerprint density at radius 1 is 1.37 bits per heavy atom. The molecule has 0 saturated carbocycles. The smallest absolute Gasteiger partial charge is 0.191 e. The minimum Gasteiger partial charge on any atom is -0.356 e. The number of hydrogen-bond donors (Lipinski definition) is 2. The molecule has 1 aromatic rings. The van der Waals surface area contributed by atoms with Gasteiger partial charge in [-0.1, -0.05) is 36.5 Å². The van der Waals surface area contributed by atoms with Crippen LogP contribution in [0.2, 0.25) is 10.2 Å². The second-order valence-corrected chi connectivity index (χ2v) is 4.80. The molecule has 0 aliphatic heterocycles. The lowest BCUT2D eigenvalue weighted by molar-refractivity contribution is 0.714. The number of guanidine groups is 1. The average Bonchev–Trinajstić information content (AvgIpc) is 2.61. The topological polar surface area (TPSA) is 41.4 Å². The van der Waals surface area contributed by atoms with Gasteiger partial charge in [0, 0.05) is 26.3 Å². The molecule has 0 atom stereocenters. The minimum absolute atomic E-state index is 0. The van der Waals surface area contributed by atoms with Gasteiger partial charge in [-0.05, 0) is 12.5 Å². The van der Waals surface area contributed by atoms with E-state index in [1.54, 1.807) is 7.05 Å². The summed E-state index contributed by atoms with van der Waals surface area (Å²) >= 11 is 12.0. The molecule has 1 rings (SSSR count). The Kier molecular flexibility index (Phi) is 9.64. The predicted molar refractivity (Wildman–Crippen MR) is 94.0 cm³/mol. The van der Waals surface area contributed by atoms with Gasteiger partial charge in [-0.3, -0.25) is 4.99 Å². The Bertz CT molecular complexity index is 418. The normalized spacial score (nSPS) is 11.1. The van der Waals surface area contributed by atoms with Gasteiger partial charge in [-0.2, -0.15) is 0 Å². The Labute approximate surface area is 142 Å². The van der Waals surface area contributed by atoms with Crippen molar-refractivity contribution < 1.29 is 0 Å². The molecule has 110 valence electrons. The van der Waals surface area contributed by atoms with Gasteiger partial charge in [0.05, 0.1) is 11.6 Å². The van der Waals surface area contributed by atoms with Crippen LogP contribution in [0.4, 0.5) is 0 Å². The molecule has 19 heavy (non-hydrogen) atoms. The van der Waals surface area contributed by atoms with Crippen molar-refractivity contribution in [1.82, 2.24) is 15.2 Å². The molecule has 1 aromatic heterocycles. The molecule has 0 aliphatic rings. The quantitative estimate of drug-likeness (QED) is 0.333. The number of hydrogen-bond acceptors (Lipinski definition) is 1. The average molecular weight is 419 g/mol. The molecule has 0 radical (unpaired) electrons. The Hall–Kier alpha value is -0.140. The summed E-state index contributed by atoms with van der Waals surface area (Å²) in [6.07, 6.45) is 2.29. The van der Waals surface area contributed by atoms with Crippen LogP contribution in [-0.4, -0.2) is 24.1 Å². The van der Waals surface area contributed by atoms with Crippen molar-refractivity contribution in [3.63, 3.8) is 0 Å². The van der Waals surface area contributed by atoms with E-state index in [4.69, 9.17) is 23.2 Å². The van der Waals surface area contributed by atoms with Gasteiger partial charge in [-0.15, -0.1) is 24.0 Å². The van der Waals surface area contributed by atoms with Crippen LogP contribution in [0.3, 0.4) is 0 Å². The minimum atomic E-state index is 0. The van der Waals surface area contributed by atoms with Gasteiger partial charge in [0.1, 0.15) is 5.15 Å². The molecule has 0 aliphatic carbocycles. The van der Waals surface area contributed by atoms with Crippen molar-refractivity contribution in [1.29, 1.82) is 0 Å². The van der Waals surface area contributed by atoms with Crippen molar-refractivity contribution in [2.45, 2.75) is 26.3 Å². The van der Waals surface area contributed by atoms with Crippen LogP contribution in [0.25, 0.3) is 0 Å². The monoisotopic (exact) mass is 418 g/mol. The third kappa shape index (κ3) is 5.79. The molecule has 1 heterocycles. The van der Waals surface area contributed by atoms with E-state index in [2.05, 4.69) is 22.5 Å². The van der Waals surface area contributed by atoms with E-state index in [1.165, 1.54) is 0 Å². The second-order valence-electron chi connectivity index (χ2n) is 4.04. The first-order chi connectivity index (χ1) is 8.60. The summed E-state index contributed by atoms with van der Waals surface area (Å²) in [5.41, 5.74) is 1.02. The van der Waals surface area contributed by atoms with Crippen LogP contribution in [0.5, 0.6) is 0 Å². The van der Waals surface area contributed by atoms with Crippen molar-refractivity contribution in [3.05, 3.63) is 21.9 Å². The third-order valence-corrected chi connectivity index (χ3v) is 3.54. The van der Waals surface area contributed by atoms with E-state index >= 15 is 0 Å². The standard InChI is InChI=1S/C12H20Cl2N4.HI/c1-4-5-6-16-12(15-2)17-8-9-7-10(13)11(14)18(9)3;/h7H,4-6,8H2,1-3H3,(H2,15,16,17);1H. The molecule has 0 saturated heterocycles. The fourth-order valence-corrected chi connectivity index (χ4v) is 1.95. The van der Waals surface area contributed by atoms with Gasteiger partial charge < -0.3 is 15.2 Å². The number of nitrogens with zero attached hydrogens (tertiary/aromatic N) is 2. The molecule has 0 bridgehead atoms. The van der Waals surface area contributed by atoms with Crippen molar-refractivity contribution in [2.75, 3.05) is 13.6 Å². The number of nitrogens with one attached hydrogen (secondary N) is 2. The molecule has 0 unspecified atom stereocenters. The molecule has 7 heteroatoms. The molecule has 0 fully saturated rings. The predicted octanol–water partition coefficient (Wildman–Crippen LogP) is 3.42. The third-order valence-electron chi connectivity index (χ3n) is 2.70. The highest BCUT2D eigenvalue weighted by Gasteiger charge is 2.08. The zero-order valence-corrected chi connectivity index (χ0v) is 15.3. The molecular formula is C12H21Cl2IN4. The van der Waals surface area contributed by atoms with Gasteiger partial charge in [-0.25, -0.2) is 0 Å². The van der Waals surface area contributed by atoms with Gasteiger partial charge in [0.25, 0.3) is 0 Å². The molecule has 0 aromatic carbocycles. The first-order valence-corrected chi connectivity index (χ1v) is 6.79. The summed E-state index contributed by atoms with van der Waals surface area (Å²) in [4.78, 5) is 4.15. The molecule has 0 spiro atoms. The number of halogens is 3. The largest absolute Gasteiger partial charge is 0.356 e. The SMILES string of the molecule is CCCCNC(=NC)NCc1cc(Cl)c(Cl)n1C.I. The first kappa shape index (κ1) is 18.9. The Morgan fingerprint density at radius 3 is 2.53 bits per heavy atom. The fourth-order valence-electron chi connectivity index (χ4n) is 1.54. The number of unbranched alkanes of at least 4 members (excludes halogenated alkanes) is 1. The van der Waals surface area contributed by atoms with E-state index in [9.17, 15) is 0 Å². The first-order valence-electron chi connectivity index (χ1n) is 6.04. The Morgan fingerprint density at radius 2 is 2.05 bits per heavy atom. The number of aliphatic imine (C=N–C) groups is 1. The van der Waals surface area contributed by atoms with Crippen molar-refractivity contribution in [3.8, 4) is 0 Å². The second kappa shape index (κ2) is 9.72. The Balaban J connectivity index is 0.00000324. The van der Waals surface area contributed by atoms with Gasteiger partial charge >= 0.3 is 0 Å². The lowest BCUT2D eigenvalue weighted by atomic mass is 10.3. The molecular weight excluding hydrogens is 398 g/mol. The molecule has 4 nitrogen and oxygen atoms in total. The lowest BCUT2D eigenvalue weighted by Gasteiger charge is -2.12.